The van der Waals surface area contributed by atoms with E-state index < -0.39 is 0 Å². The molecule has 3 heterocycles. The van der Waals surface area contributed by atoms with Gasteiger partial charge >= 0.3 is 0 Å². The maximum absolute atomic E-state index is 4.26. The first-order valence-corrected chi connectivity index (χ1v) is 7.43. The lowest BCUT2D eigenvalue weighted by molar-refractivity contribution is 0.0256. The Labute approximate surface area is 116 Å². The van der Waals surface area contributed by atoms with E-state index in [9.17, 15) is 0 Å². The van der Waals surface area contributed by atoms with Gasteiger partial charge in [0.05, 0.1) is 4.47 Å². The molecule has 1 aromatic rings. The second-order valence-corrected chi connectivity index (χ2v) is 6.47. The van der Waals surface area contributed by atoms with Crippen molar-refractivity contribution >= 4 is 21.9 Å². The van der Waals surface area contributed by atoms with Gasteiger partial charge in [0.15, 0.2) is 0 Å². The van der Waals surface area contributed by atoms with E-state index >= 15 is 0 Å². The van der Waals surface area contributed by atoms with Gasteiger partial charge in [-0.05, 0) is 54.1 Å². The van der Waals surface area contributed by atoms with Crippen molar-refractivity contribution < 1.29 is 0 Å². The second-order valence-electron chi connectivity index (χ2n) is 5.55. The number of hydrogen-bond acceptors (Lipinski definition) is 4. The van der Waals surface area contributed by atoms with Crippen LogP contribution in [0.25, 0.3) is 0 Å². The number of nitrogens with zero attached hydrogens (tertiary/aromatic N) is 3. The molecule has 4 nitrogen and oxygen atoms in total. The van der Waals surface area contributed by atoms with E-state index in [1.165, 1.54) is 25.8 Å². The van der Waals surface area contributed by atoms with Crippen LogP contribution in [0.2, 0.25) is 0 Å². The van der Waals surface area contributed by atoms with Gasteiger partial charge in [-0.1, -0.05) is 0 Å². The molecule has 2 bridgehead atoms. The Morgan fingerprint density at radius 2 is 2.17 bits per heavy atom. The van der Waals surface area contributed by atoms with Crippen molar-refractivity contribution in [1.29, 1.82) is 0 Å². The van der Waals surface area contributed by atoms with Gasteiger partial charge in [0.25, 0.3) is 0 Å². The molecule has 0 aromatic carbocycles. The topological polar surface area (TPSA) is 41.0 Å². The first-order chi connectivity index (χ1) is 8.72. The summed E-state index contributed by atoms with van der Waals surface area (Å²) in [5.41, 5.74) is 0. The SMILES string of the molecule is CN1CC2CCC1C(CNc1ncc(Br)cn1)C2. The highest BCUT2D eigenvalue weighted by Crippen LogP contribution is 2.38. The molecular formula is C13H19BrN4. The Morgan fingerprint density at radius 3 is 2.83 bits per heavy atom. The highest BCUT2D eigenvalue weighted by atomic mass is 79.9. The molecule has 98 valence electrons. The lowest BCUT2D eigenvalue weighted by atomic mass is 9.73. The first-order valence-electron chi connectivity index (χ1n) is 6.64. The van der Waals surface area contributed by atoms with Crippen LogP contribution in [0.15, 0.2) is 16.9 Å². The smallest absolute Gasteiger partial charge is 0.222 e. The normalized spacial score (nSPS) is 31.6. The fraction of sp³-hybridized carbons (Fsp3) is 0.692. The van der Waals surface area contributed by atoms with Crippen LogP contribution in [-0.2, 0) is 0 Å². The van der Waals surface area contributed by atoms with Crippen LogP contribution in [0.5, 0.6) is 0 Å². The third kappa shape index (κ3) is 2.52. The van der Waals surface area contributed by atoms with Gasteiger partial charge in [0.2, 0.25) is 5.95 Å². The van der Waals surface area contributed by atoms with E-state index in [1.54, 1.807) is 12.4 Å². The summed E-state index contributed by atoms with van der Waals surface area (Å²) in [5.74, 6) is 2.38. The Hall–Kier alpha value is -0.680. The summed E-state index contributed by atoms with van der Waals surface area (Å²) in [5, 5.41) is 3.38. The van der Waals surface area contributed by atoms with Gasteiger partial charge in [0.1, 0.15) is 0 Å². The van der Waals surface area contributed by atoms with Crippen molar-refractivity contribution in [2.75, 3.05) is 25.5 Å². The maximum Gasteiger partial charge on any atom is 0.222 e. The molecule has 3 atom stereocenters. The predicted molar refractivity (Wildman–Crippen MR) is 75.5 cm³/mol. The zero-order chi connectivity index (χ0) is 12.5. The summed E-state index contributed by atoms with van der Waals surface area (Å²) in [7, 11) is 2.26. The summed E-state index contributed by atoms with van der Waals surface area (Å²) in [6.07, 6.45) is 7.70. The van der Waals surface area contributed by atoms with Crippen molar-refractivity contribution in [2.24, 2.45) is 11.8 Å². The molecule has 0 amide bonds. The summed E-state index contributed by atoms with van der Waals surface area (Å²) >= 11 is 3.35. The van der Waals surface area contributed by atoms with E-state index in [2.05, 4.69) is 43.2 Å². The van der Waals surface area contributed by atoms with Crippen LogP contribution >= 0.6 is 15.9 Å². The summed E-state index contributed by atoms with van der Waals surface area (Å²) < 4.78 is 0.921. The zero-order valence-corrected chi connectivity index (χ0v) is 12.2. The molecule has 5 heteroatoms. The van der Waals surface area contributed by atoms with Crippen molar-refractivity contribution in [3.05, 3.63) is 16.9 Å². The minimum absolute atomic E-state index is 0.738. The van der Waals surface area contributed by atoms with E-state index in [1.807, 2.05) is 0 Å². The largest absolute Gasteiger partial charge is 0.354 e. The molecule has 3 unspecified atom stereocenters. The van der Waals surface area contributed by atoms with Crippen LogP contribution in [0.1, 0.15) is 19.3 Å². The lowest BCUT2D eigenvalue weighted by Crippen LogP contribution is -2.52. The van der Waals surface area contributed by atoms with Gasteiger partial charge in [-0.25, -0.2) is 9.97 Å². The van der Waals surface area contributed by atoms with Crippen LogP contribution in [0.3, 0.4) is 0 Å². The molecule has 4 rings (SSSR count). The summed E-state index contributed by atoms with van der Waals surface area (Å²) in [4.78, 5) is 11.1. The third-order valence-corrected chi connectivity index (χ3v) is 4.72. The Bertz CT molecular complexity index is 408. The number of fused-ring (bicyclic) bond motifs is 3. The van der Waals surface area contributed by atoms with Crippen LogP contribution in [0, 0.1) is 11.8 Å². The third-order valence-electron chi connectivity index (χ3n) is 4.31. The fourth-order valence-electron chi connectivity index (χ4n) is 3.48. The second kappa shape index (κ2) is 5.13. The molecule has 1 aromatic heterocycles. The number of hydrogen-bond donors (Lipinski definition) is 1. The fourth-order valence-corrected chi connectivity index (χ4v) is 3.68. The van der Waals surface area contributed by atoms with Crippen molar-refractivity contribution in [2.45, 2.75) is 25.3 Å². The molecular weight excluding hydrogens is 292 g/mol. The predicted octanol–water partition coefficient (Wildman–Crippen LogP) is 2.38. The standard InChI is InChI=1S/C13H19BrN4/c1-18-8-9-2-3-12(18)10(4-9)5-15-13-16-6-11(14)7-17-13/h6-7,9-10,12H,2-5,8H2,1H3,(H,15,16,17). The van der Waals surface area contributed by atoms with Crippen molar-refractivity contribution in [3.63, 3.8) is 0 Å². The molecule has 3 fully saturated rings. The van der Waals surface area contributed by atoms with Crippen molar-refractivity contribution in [1.82, 2.24) is 14.9 Å². The Balaban J connectivity index is 1.58. The molecule has 0 radical (unpaired) electrons. The number of piperidine rings is 2. The molecule has 18 heavy (non-hydrogen) atoms. The maximum atomic E-state index is 4.26. The molecule has 0 spiro atoms. The van der Waals surface area contributed by atoms with Crippen LogP contribution in [-0.4, -0.2) is 41.0 Å². The minimum Gasteiger partial charge on any atom is -0.354 e. The molecule has 2 aliphatic heterocycles. The van der Waals surface area contributed by atoms with E-state index in [-0.39, 0.29) is 0 Å². The van der Waals surface area contributed by atoms with E-state index in [0.29, 0.717) is 0 Å². The molecule has 2 saturated heterocycles. The monoisotopic (exact) mass is 310 g/mol. The van der Waals surface area contributed by atoms with E-state index in [4.69, 9.17) is 0 Å². The average Bonchev–Trinajstić information content (AvgIpc) is 2.38. The Morgan fingerprint density at radius 1 is 1.39 bits per heavy atom. The molecule has 1 aliphatic carbocycles. The van der Waals surface area contributed by atoms with Gasteiger partial charge in [-0.2, -0.15) is 0 Å². The van der Waals surface area contributed by atoms with Gasteiger partial charge in [-0.15, -0.1) is 0 Å². The molecule has 1 N–H and O–H groups in total. The highest BCUT2D eigenvalue weighted by molar-refractivity contribution is 9.10. The van der Waals surface area contributed by atoms with Gasteiger partial charge < -0.3 is 10.2 Å². The zero-order valence-electron chi connectivity index (χ0n) is 10.6. The number of aromatic nitrogens is 2. The number of rotatable bonds is 3. The number of nitrogens with one attached hydrogen (secondary N) is 1. The summed E-state index contributed by atoms with van der Waals surface area (Å²) in [6.45, 7) is 2.28. The van der Waals surface area contributed by atoms with Crippen LogP contribution < -0.4 is 5.32 Å². The first kappa shape index (κ1) is 12.4. The van der Waals surface area contributed by atoms with Crippen LogP contribution in [0.4, 0.5) is 5.95 Å². The van der Waals surface area contributed by atoms with E-state index in [0.717, 1.165) is 34.8 Å². The van der Waals surface area contributed by atoms with Gasteiger partial charge in [-0.3, -0.25) is 0 Å². The number of anilines is 1. The molecule has 3 aliphatic rings. The molecule has 1 saturated carbocycles. The minimum atomic E-state index is 0.738. The summed E-state index contributed by atoms with van der Waals surface area (Å²) in [6, 6.07) is 0.748. The van der Waals surface area contributed by atoms with Crippen molar-refractivity contribution in [3.8, 4) is 0 Å². The number of halogens is 1. The van der Waals surface area contributed by atoms with Gasteiger partial charge in [0, 0.05) is 31.5 Å². The highest BCUT2D eigenvalue weighted by Gasteiger charge is 2.38. The lowest BCUT2D eigenvalue weighted by Gasteiger charge is -2.48. The average molecular weight is 311 g/mol. The quantitative estimate of drug-likeness (QED) is 0.930. The Kier molecular flexibility index (Phi) is 3.52.